The second kappa shape index (κ2) is 11.2. The van der Waals surface area contributed by atoms with Crippen molar-refractivity contribution in [2.45, 2.75) is 13.3 Å². The van der Waals surface area contributed by atoms with E-state index in [0.717, 1.165) is 22.5 Å². The zero-order valence-electron chi connectivity index (χ0n) is 21.1. The van der Waals surface area contributed by atoms with Gasteiger partial charge in [-0.2, -0.15) is 5.10 Å². The van der Waals surface area contributed by atoms with Gasteiger partial charge in [0, 0.05) is 43.6 Å². The minimum absolute atomic E-state index is 0.0480. The Morgan fingerprint density at radius 3 is 2.34 bits per heavy atom. The number of halogens is 1. The molecule has 9 heteroatoms. The summed E-state index contributed by atoms with van der Waals surface area (Å²) in [6.45, 7) is 4.70. The number of ether oxygens (including phenoxy) is 1. The second-order valence-corrected chi connectivity index (χ2v) is 8.95. The van der Waals surface area contributed by atoms with Gasteiger partial charge in [-0.05, 0) is 55.0 Å². The first-order valence-electron chi connectivity index (χ1n) is 12.6. The van der Waals surface area contributed by atoms with Gasteiger partial charge in [-0.15, -0.1) is 0 Å². The first-order valence-corrected chi connectivity index (χ1v) is 12.6. The Labute approximate surface area is 220 Å². The standard InChI is InChI=1S/C29H28FN5O3/c1-2-38-29(37)25-20-26(35(32-25)27-5-3-4-14-31-27)22-8-12-24(13-9-22)33-15-17-34(18-16-33)28(36)19-21-6-10-23(30)11-7-21/h3-14,20H,2,15-19H2,1H3. The molecular weight excluding hydrogens is 485 g/mol. The lowest BCUT2D eigenvalue weighted by molar-refractivity contribution is -0.130. The van der Waals surface area contributed by atoms with Crippen LogP contribution in [0.15, 0.2) is 79.0 Å². The van der Waals surface area contributed by atoms with Gasteiger partial charge in [0.2, 0.25) is 5.91 Å². The smallest absolute Gasteiger partial charge is 0.358 e. The third-order valence-electron chi connectivity index (χ3n) is 6.49. The zero-order chi connectivity index (χ0) is 26.5. The molecule has 1 aliphatic rings. The third-order valence-corrected chi connectivity index (χ3v) is 6.49. The molecule has 2 aromatic carbocycles. The van der Waals surface area contributed by atoms with Crippen LogP contribution in [-0.4, -0.2) is 64.3 Å². The van der Waals surface area contributed by atoms with E-state index in [0.29, 0.717) is 32.0 Å². The van der Waals surface area contributed by atoms with Crippen LogP contribution in [0.1, 0.15) is 23.0 Å². The third kappa shape index (κ3) is 5.56. The van der Waals surface area contributed by atoms with Crippen LogP contribution in [-0.2, 0) is 16.0 Å². The molecule has 0 bridgehead atoms. The van der Waals surface area contributed by atoms with Crippen molar-refractivity contribution in [3.63, 3.8) is 0 Å². The number of nitrogens with zero attached hydrogens (tertiary/aromatic N) is 5. The molecule has 1 saturated heterocycles. The molecule has 0 saturated carbocycles. The van der Waals surface area contributed by atoms with Gasteiger partial charge in [-0.25, -0.2) is 18.9 Å². The lowest BCUT2D eigenvalue weighted by atomic mass is 10.1. The van der Waals surface area contributed by atoms with E-state index >= 15 is 0 Å². The maximum Gasteiger partial charge on any atom is 0.358 e. The lowest BCUT2D eigenvalue weighted by Crippen LogP contribution is -2.49. The minimum Gasteiger partial charge on any atom is -0.461 e. The van der Waals surface area contributed by atoms with Crippen molar-refractivity contribution in [1.82, 2.24) is 19.7 Å². The summed E-state index contributed by atoms with van der Waals surface area (Å²) in [5.74, 6) is -0.135. The highest BCUT2D eigenvalue weighted by Crippen LogP contribution is 2.27. The second-order valence-electron chi connectivity index (χ2n) is 8.95. The highest BCUT2D eigenvalue weighted by atomic mass is 19.1. The summed E-state index contributed by atoms with van der Waals surface area (Å²) in [4.78, 5) is 33.5. The van der Waals surface area contributed by atoms with Gasteiger partial charge in [0.05, 0.1) is 18.7 Å². The predicted molar refractivity (Wildman–Crippen MR) is 142 cm³/mol. The molecule has 1 aliphatic heterocycles. The summed E-state index contributed by atoms with van der Waals surface area (Å²) < 4.78 is 19.9. The summed E-state index contributed by atoms with van der Waals surface area (Å²) in [5, 5.41) is 4.46. The maximum absolute atomic E-state index is 13.1. The van der Waals surface area contributed by atoms with E-state index in [1.54, 1.807) is 36.0 Å². The summed E-state index contributed by atoms with van der Waals surface area (Å²) in [6, 6.07) is 21.4. The number of anilines is 1. The van der Waals surface area contributed by atoms with Crippen LogP contribution in [0.2, 0.25) is 0 Å². The van der Waals surface area contributed by atoms with Crippen LogP contribution in [0.4, 0.5) is 10.1 Å². The van der Waals surface area contributed by atoms with E-state index in [2.05, 4.69) is 15.0 Å². The largest absolute Gasteiger partial charge is 0.461 e. The first-order chi connectivity index (χ1) is 18.5. The van der Waals surface area contributed by atoms with Gasteiger partial charge in [-0.3, -0.25) is 4.79 Å². The van der Waals surface area contributed by atoms with E-state index in [1.807, 2.05) is 47.4 Å². The number of pyridine rings is 1. The molecule has 0 spiro atoms. The van der Waals surface area contributed by atoms with Crippen LogP contribution in [0, 0.1) is 5.82 Å². The van der Waals surface area contributed by atoms with Crippen molar-refractivity contribution in [3.8, 4) is 17.1 Å². The average molecular weight is 514 g/mol. The molecule has 0 N–H and O–H groups in total. The SMILES string of the molecule is CCOC(=O)c1cc(-c2ccc(N3CCN(C(=O)Cc4ccc(F)cc4)CC3)cc2)n(-c2ccccn2)n1. The predicted octanol–water partition coefficient (Wildman–Crippen LogP) is 4.14. The van der Waals surface area contributed by atoms with Crippen molar-refractivity contribution in [3.05, 3.63) is 96.1 Å². The van der Waals surface area contributed by atoms with Gasteiger partial charge in [0.1, 0.15) is 5.82 Å². The fraction of sp³-hybridized carbons (Fsp3) is 0.241. The van der Waals surface area contributed by atoms with Crippen LogP contribution in [0.25, 0.3) is 17.1 Å². The van der Waals surface area contributed by atoms with E-state index in [-0.39, 0.29) is 30.4 Å². The Bertz CT molecular complexity index is 1400. The number of carbonyl (C=O) groups is 2. The maximum atomic E-state index is 13.1. The molecule has 0 atom stereocenters. The van der Waals surface area contributed by atoms with E-state index < -0.39 is 5.97 Å². The van der Waals surface area contributed by atoms with Crippen molar-refractivity contribution < 1.29 is 18.7 Å². The lowest BCUT2D eigenvalue weighted by Gasteiger charge is -2.36. The van der Waals surface area contributed by atoms with Crippen molar-refractivity contribution in [1.29, 1.82) is 0 Å². The van der Waals surface area contributed by atoms with Gasteiger partial charge >= 0.3 is 5.97 Å². The van der Waals surface area contributed by atoms with Gasteiger partial charge < -0.3 is 14.5 Å². The highest BCUT2D eigenvalue weighted by molar-refractivity contribution is 5.89. The quantitative estimate of drug-likeness (QED) is 0.346. The number of esters is 1. The van der Waals surface area contributed by atoms with E-state index in [1.165, 1.54) is 12.1 Å². The number of rotatable bonds is 7. The number of hydrogen-bond acceptors (Lipinski definition) is 6. The molecule has 0 radical (unpaired) electrons. The van der Waals surface area contributed by atoms with Crippen LogP contribution in [0.3, 0.4) is 0 Å². The monoisotopic (exact) mass is 513 g/mol. The number of aromatic nitrogens is 3. The Morgan fingerprint density at radius 2 is 1.68 bits per heavy atom. The number of piperazine rings is 1. The highest BCUT2D eigenvalue weighted by Gasteiger charge is 2.22. The fourth-order valence-corrected chi connectivity index (χ4v) is 4.49. The zero-order valence-corrected chi connectivity index (χ0v) is 21.1. The molecule has 194 valence electrons. The van der Waals surface area contributed by atoms with Gasteiger partial charge in [-0.1, -0.05) is 30.3 Å². The molecule has 5 rings (SSSR count). The molecular formula is C29H28FN5O3. The molecule has 3 heterocycles. The summed E-state index contributed by atoms with van der Waals surface area (Å²) in [6.07, 6.45) is 1.95. The van der Waals surface area contributed by atoms with Crippen LogP contribution in [0.5, 0.6) is 0 Å². The first kappa shape index (κ1) is 25.1. The topological polar surface area (TPSA) is 80.6 Å². The van der Waals surface area contributed by atoms with Crippen molar-refractivity contribution >= 4 is 17.6 Å². The average Bonchev–Trinajstić information content (AvgIpc) is 3.41. The summed E-state index contributed by atoms with van der Waals surface area (Å²) in [7, 11) is 0. The number of amides is 1. The summed E-state index contributed by atoms with van der Waals surface area (Å²) >= 11 is 0. The molecule has 1 amide bonds. The molecule has 38 heavy (non-hydrogen) atoms. The van der Waals surface area contributed by atoms with Crippen LogP contribution < -0.4 is 4.90 Å². The van der Waals surface area contributed by atoms with Gasteiger partial charge in [0.15, 0.2) is 11.5 Å². The molecule has 0 unspecified atom stereocenters. The molecule has 8 nitrogen and oxygen atoms in total. The van der Waals surface area contributed by atoms with Crippen LogP contribution >= 0.6 is 0 Å². The number of hydrogen-bond donors (Lipinski definition) is 0. The molecule has 2 aromatic heterocycles. The Morgan fingerprint density at radius 1 is 0.947 bits per heavy atom. The number of carbonyl (C=O) groups excluding carboxylic acids is 2. The number of benzene rings is 2. The van der Waals surface area contributed by atoms with E-state index in [9.17, 15) is 14.0 Å². The van der Waals surface area contributed by atoms with Gasteiger partial charge in [0.25, 0.3) is 0 Å². The normalized spacial score (nSPS) is 13.4. The fourth-order valence-electron chi connectivity index (χ4n) is 4.49. The minimum atomic E-state index is -0.480. The Hall–Kier alpha value is -4.53. The summed E-state index contributed by atoms with van der Waals surface area (Å²) in [5.41, 5.74) is 3.70. The van der Waals surface area contributed by atoms with Crippen molar-refractivity contribution in [2.75, 3.05) is 37.7 Å². The molecule has 0 aliphatic carbocycles. The van der Waals surface area contributed by atoms with E-state index in [4.69, 9.17) is 4.74 Å². The Kier molecular flexibility index (Phi) is 7.44. The molecule has 1 fully saturated rings. The van der Waals surface area contributed by atoms with Crippen molar-refractivity contribution in [2.24, 2.45) is 0 Å². The molecule has 4 aromatic rings. The Balaban J connectivity index is 1.28.